The second-order valence-electron chi connectivity index (χ2n) is 9.15. The van der Waals surface area contributed by atoms with Gasteiger partial charge in [-0.05, 0) is 43.5 Å². The number of fused-ring (bicyclic) bond motifs is 1. The van der Waals surface area contributed by atoms with Crippen LogP contribution in [0.2, 0.25) is 0 Å². The van der Waals surface area contributed by atoms with E-state index in [1.54, 1.807) is 0 Å². The summed E-state index contributed by atoms with van der Waals surface area (Å²) in [5, 5.41) is 18.9. The number of nitrogens with one attached hydrogen (secondary N) is 1. The number of nitrogens with zero attached hydrogens (tertiary/aromatic N) is 2. The summed E-state index contributed by atoms with van der Waals surface area (Å²) in [5.41, 5.74) is 7.30. The van der Waals surface area contributed by atoms with Crippen LogP contribution in [0.4, 0.5) is 0 Å². The van der Waals surface area contributed by atoms with E-state index in [1.165, 1.54) is 23.8 Å². The van der Waals surface area contributed by atoms with Crippen molar-refractivity contribution in [2.75, 3.05) is 20.3 Å². The van der Waals surface area contributed by atoms with E-state index < -0.39 is 6.29 Å². The van der Waals surface area contributed by atoms with Crippen molar-refractivity contribution >= 4 is 11.0 Å². The van der Waals surface area contributed by atoms with E-state index in [4.69, 9.17) is 9.47 Å². The minimum absolute atomic E-state index is 0.0749. The molecule has 3 aromatic carbocycles. The molecule has 4 rings (SSSR count). The fourth-order valence-electron chi connectivity index (χ4n) is 4.40. The van der Waals surface area contributed by atoms with Crippen LogP contribution in [0.25, 0.3) is 11.0 Å². The third kappa shape index (κ3) is 6.09. The summed E-state index contributed by atoms with van der Waals surface area (Å²) in [4.78, 5) is 0. The summed E-state index contributed by atoms with van der Waals surface area (Å²) in [6.45, 7) is 5.61. The maximum absolute atomic E-state index is 9.71. The van der Waals surface area contributed by atoms with Gasteiger partial charge in [-0.3, -0.25) is 5.41 Å². The van der Waals surface area contributed by atoms with Gasteiger partial charge in [0.1, 0.15) is 0 Å². The lowest BCUT2D eigenvalue weighted by Gasteiger charge is -2.21. The Morgan fingerprint density at radius 1 is 0.857 bits per heavy atom. The predicted molar refractivity (Wildman–Crippen MR) is 138 cm³/mol. The predicted octanol–water partition coefficient (Wildman–Crippen LogP) is 4.74. The lowest BCUT2D eigenvalue weighted by Crippen LogP contribution is -2.31. The summed E-state index contributed by atoms with van der Waals surface area (Å²) in [6, 6.07) is 25.1. The third-order valence-corrected chi connectivity index (χ3v) is 6.43. The van der Waals surface area contributed by atoms with E-state index in [2.05, 4.69) is 83.6 Å². The van der Waals surface area contributed by atoms with Gasteiger partial charge in [-0.1, -0.05) is 71.8 Å². The maximum Gasteiger partial charge on any atom is 0.203 e. The molecule has 0 aliphatic carbocycles. The van der Waals surface area contributed by atoms with E-state index in [0.29, 0.717) is 31.8 Å². The van der Waals surface area contributed by atoms with E-state index in [-0.39, 0.29) is 6.04 Å². The fraction of sp³-hybridized carbons (Fsp3) is 0.345. The van der Waals surface area contributed by atoms with Crippen LogP contribution >= 0.6 is 0 Å². The highest BCUT2D eigenvalue weighted by Gasteiger charge is 2.20. The molecule has 4 aromatic rings. The molecule has 184 valence electrons. The number of rotatable bonds is 11. The van der Waals surface area contributed by atoms with Crippen molar-refractivity contribution in [2.24, 2.45) is 0 Å². The van der Waals surface area contributed by atoms with Gasteiger partial charge in [-0.2, -0.15) is 0 Å². The number of para-hydroxylation sites is 2. The van der Waals surface area contributed by atoms with E-state index >= 15 is 0 Å². The molecule has 6 heteroatoms. The monoisotopic (exact) mass is 473 g/mol. The zero-order chi connectivity index (χ0) is 24.8. The lowest BCUT2D eigenvalue weighted by molar-refractivity contribution is -0.0911. The van der Waals surface area contributed by atoms with Gasteiger partial charge in [0.25, 0.3) is 0 Å². The second-order valence-corrected chi connectivity index (χ2v) is 9.15. The first-order chi connectivity index (χ1) is 17.0. The van der Waals surface area contributed by atoms with Crippen molar-refractivity contribution in [3.8, 4) is 0 Å². The molecule has 1 heterocycles. The average Bonchev–Trinajstić information content (AvgIpc) is 3.14. The molecule has 0 amide bonds. The highest BCUT2D eigenvalue weighted by atomic mass is 16.6. The van der Waals surface area contributed by atoms with Crippen LogP contribution in [0, 0.1) is 19.3 Å². The van der Waals surface area contributed by atoms with Crippen molar-refractivity contribution in [1.82, 2.24) is 9.13 Å². The Bertz CT molecular complexity index is 1290. The number of aliphatic hydroxyl groups is 1. The minimum atomic E-state index is -0.832. The van der Waals surface area contributed by atoms with Gasteiger partial charge >= 0.3 is 0 Å². The fourth-order valence-corrected chi connectivity index (χ4v) is 4.40. The SMILES string of the molecule is COC(O)CCOC[C@H](Cc1ccc(C)cc1)n1c(=N)n(Cc2ccc(C)cc2)c2ccccc21. The number of imidazole rings is 1. The van der Waals surface area contributed by atoms with Crippen molar-refractivity contribution in [2.45, 2.75) is 45.6 Å². The Morgan fingerprint density at radius 3 is 2.09 bits per heavy atom. The number of aromatic nitrogens is 2. The quantitative estimate of drug-likeness (QED) is 0.244. The van der Waals surface area contributed by atoms with E-state index in [0.717, 1.165) is 23.0 Å². The molecule has 0 aliphatic heterocycles. The minimum Gasteiger partial charge on any atom is -0.379 e. The molecule has 0 saturated heterocycles. The Kier molecular flexibility index (Phi) is 8.18. The molecule has 0 spiro atoms. The largest absolute Gasteiger partial charge is 0.379 e. The Balaban J connectivity index is 1.69. The van der Waals surface area contributed by atoms with Crippen molar-refractivity contribution in [1.29, 1.82) is 5.41 Å². The molecule has 1 unspecified atom stereocenters. The Hall–Kier alpha value is -3.19. The smallest absolute Gasteiger partial charge is 0.203 e. The number of methoxy groups -OCH3 is 1. The molecule has 0 fully saturated rings. The zero-order valence-corrected chi connectivity index (χ0v) is 20.8. The van der Waals surface area contributed by atoms with Gasteiger partial charge in [0, 0.05) is 13.5 Å². The third-order valence-electron chi connectivity index (χ3n) is 6.43. The van der Waals surface area contributed by atoms with Crippen molar-refractivity contribution < 1.29 is 14.6 Å². The molecular formula is C29H35N3O3. The van der Waals surface area contributed by atoms with Crippen LogP contribution in [0.15, 0.2) is 72.8 Å². The van der Waals surface area contributed by atoms with E-state index in [9.17, 15) is 10.5 Å². The summed E-state index contributed by atoms with van der Waals surface area (Å²) < 4.78 is 15.1. The van der Waals surface area contributed by atoms with Crippen LogP contribution < -0.4 is 5.62 Å². The lowest BCUT2D eigenvalue weighted by atomic mass is 10.0. The molecule has 0 saturated carbocycles. The van der Waals surface area contributed by atoms with Gasteiger partial charge in [0.05, 0.1) is 36.8 Å². The number of hydrogen-bond acceptors (Lipinski definition) is 4. The summed E-state index contributed by atoms with van der Waals surface area (Å²) >= 11 is 0. The summed E-state index contributed by atoms with van der Waals surface area (Å²) in [5.74, 6) is 0. The topological polar surface area (TPSA) is 72.4 Å². The van der Waals surface area contributed by atoms with Crippen molar-refractivity contribution in [3.05, 3.63) is 101 Å². The van der Waals surface area contributed by atoms with Crippen LogP contribution in [0.1, 0.15) is 34.7 Å². The van der Waals surface area contributed by atoms with Crippen LogP contribution in [-0.4, -0.2) is 40.9 Å². The van der Waals surface area contributed by atoms with Gasteiger partial charge < -0.3 is 23.7 Å². The summed E-state index contributed by atoms with van der Waals surface area (Å²) in [7, 11) is 1.48. The molecule has 2 atom stereocenters. The molecule has 6 nitrogen and oxygen atoms in total. The van der Waals surface area contributed by atoms with Gasteiger partial charge in [0.15, 0.2) is 6.29 Å². The van der Waals surface area contributed by atoms with Gasteiger partial charge in [-0.25, -0.2) is 0 Å². The first-order valence-corrected chi connectivity index (χ1v) is 12.1. The average molecular weight is 474 g/mol. The normalized spacial score (nSPS) is 13.3. The highest BCUT2D eigenvalue weighted by Crippen LogP contribution is 2.22. The zero-order valence-electron chi connectivity index (χ0n) is 20.8. The molecule has 0 radical (unpaired) electrons. The molecule has 0 aliphatic rings. The molecule has 0 bridgehead atoms. The first-order valence-electron chi connectivity index (χ1n) is 12.1. The van der Waals surface area contributed by atoms with Gasteiger partial charge in [-0.15, -0.1) is 0 Å². The van der Waals surface area contributed by atoms with Crippen LogP contribution in [0.5, 0.6) is 0 Å². The van der Waals surface area contributed by atoms with E-state index in [1.807, 2.05) is 12.1 Å². The summed E-state index contributed by atoms with van der Waals surface area (Å²) in [6.07, 6.45) is 0.310. The molecular weight excluding hydrogens is 438 g/mol. The standard InChI is InChI=1S/C29H35N3O3/c1-21-8-12-23(13-9-21)18-25(20-35-17-16-28(33)34-3)32-27-7-5-4-6-26(27)31(29(32)30)19-24-14-10-22(2)11-15-24/h4-15,25,28,30,33H,16-20H2,1-3H3/t25-,28?/m0/s1. The number of aliphatic hydroxyl groups excluding tert-OH is 1. The number of benzene rings is 3. The molecule has 2 N–H and O–H groups in total. The Labute approximate surface area is 206 Å². The molecule has 1 aromatic heterocycles. The van der Waals surface area contributed by atoms with Gasteiger partial charge in [0.2, 0.25) is 5.62 Å². The highest BCUT2D eigenvalue weighted by molar-refractivity contribution is 5.76. The van der Waals surface area contributed by atoms with Crippen molar-refractivity contribution in [3.63, 3.8) is 0 Å². The second kappa shape index (κ2) is 11.5. The van der Waals surface area contributed by atoms with Crippen LogP contribution in [0.3, 0.4) is 0 Å². The molecule has 35 heavy (non-hydrogen) atoms. The maximum atomic E-state index is 9.71. The number of aryl methyl sites for hydroxylation is 2. The van der Waals surface area contributed by atoms with Crippen LogP contribution in [-0.2, 0) is 22.4 Å². The Morgan fingerprint density at radius 2 is 1.46 bits per heavy atom. The first kappa shape index (κ1) is 24.9. The number of hydrogen-bond donors (Lipinski definition) is 2. The number of ether oxygens (including phenoxy) is 2.